The summed E-state index contributed by atoms with van der Waals surface area (Å²) in [5.74, 6) is -0.756. The van der Waals surface area contributed by atoms with Crippen LogP contribution in [0.3, 0.4) is 0 Å². The molecule has 6 nitrogen and oxygen atoms in total. The minimum Gasteiger partial charge on any atom is -0.493 e. The standard InChI is InChI=1S/C12H16O6S/c1-17-10-4-2-3-5-11(10)18-7-9-19(15,16)8-6-12(13)14/h2-5H,6-9H2,1H3,(H,13,14). The molecule has 1 N–H and O–H groups in total. The third-order valence-corrected chi connectivity index (χ3v) is 3.96. The van der Waals surface area contributed by atoms with Gasteiger partial charge in [0.15, 0.2) is 21.3 Å². The number of carbonyl (C=O) groups is 1. The molecule has 0 unspecified atom stereocenters. The van der Waals surface area contributed by atoms with Crippen LogP contribution in [0.1, 0.15) is 6.42 Å². The molecule has 0 aliphatic rings. The summed E-state index contributed by atoms with van der Waals surface area (Å²) in [4.78, 5) is 10.3. The Kier molecular flexibility index (Phi) is 5.62. The third-order valence-electron chi connectivity index (χ3n) is 2.35. The van der Waals surface area contributed by atoms with Gasteiger partial charge >= 0.3 is 5.97 Å². The first-order valence-corrected chi connectivity index (χ1v) is 7.45. The second kappa shape index (κ2) is 6.98. The second-order valence-electron chi connectivity index (χ2n) is 3.79. The lowest BCUT2D eigenvalue weighted by Gasteiger charge is -2.10. The minimum absolute atomic E-state index is 0.0394. The number of benzene rings is 1. The molecule has 0 saturated carbocycles. The predicted molar refractivity (Wildman–Crippen MR) is 69.4 cm³/mol. The fourth-order valence-corrected chi connectivity index (χ4v) is 2.39. The Hall–Kier alpha value is -1.76. The van der Waals surface area contributed by atoms with E-state index in [-0.39, 0.29) is 18.1 Å². The van der Waals surface area contributed by atoms with E-state index in [0.29, 0.717) is 11.5 Å². The predicted octanol–water partition coefficient (Wildman–Crippen LogP) is 0.964. The van der Waals surface area contributed by atoms with Crippen LogP contribution >= 0.6 is 0 Å². The fraction of sp³-hybridized carbons (Fsp3) is 0.417. The highest BCUT2D eigenvalue weighted by Crippen LogP contribution is 2.25. The van der Waals surface area contributed by atoms with Gasteiger partial charge in [0.1, 0.15) is 6.61 Å². The number of carboxylic acids is 1. The van der Waals surface area contributed by atoms with Crippen LogP contribution in [0, 0.1) is 0 Å². The van der Waals surface area contributed by atoms with Gasteiger partial charge in [0.25, 0.3) is 0 Å². The minimum atomic E-state index is -3.41. The molecule has 1 rings (SSSR count). The molecule has 0 aliphatic carbocycles. The molecule has 0 aromatic heterocycles. The monoisotopic (exact) mass is 288 g/mol. The molecule has 0 aliphatic heterocycles. The van der Waals surface area contributed by atoms with Crippen molar-refractivity contribution in [1.29, 1.82) is 0 Å². The van der Waals surface area contributed by atoms with Crippen LogP contribution in [-0.4, -0.2) is 44.7 Å². The van der Waals surface area contributed by atoms with Crippen molar-refractivity contribution in [3.63, 3.8) is 0 Å². The molecule has 0 atom stereocenters. The Balaban J connectivity index is 2.47. The maximum atomic E-state index is 11.5. The number of methoxy groups -OCH3 is 1. The molecular weight excluding hydrogens is 272 g/mol. The first-order chi connectivity index (χ1) is 8.94. The largest absolute Gasteiger partial charge is 0.493 e. The Labute approximate surface area is 111 Å². The number of aliphatic carboxylic acids is 1. The number of rotatable bonds is 8. The van der Waals surface area contributed by atoms with Crippen molar-refractivity contribution in [2.24, 2.45) is 0 Å². The van der Waals surface area contributed by atoms with E-state index < -0.39 is 22.2 Å². The quantitative estimate of drug-likeness (QED) is 0.766. The average molecular weight is 288 g/mol. The first-order valence-electron chi connectivity index (χ1n) is 5.62. The molecule has 106 valence electrons. The Morgan fingerprint density at radius 1 is 1.21 bits per heavy atom. The van der Waals surface area contributed by atoms with Crippen LogP contribution in [0.5, 0.6) is 11.5 Å². The highest BCUT2D eigenvalue weighted by atomic mass is 32.2. The summed E-state index contributed by atoms with van der Waals surface area (Å²) in [6.45, 7) is -0.0394. The van der Waals surface area contributed by atoms with Crippen LogP contribution < -0.4 is 9.47 Å². The summed E-state index contributed by atoms with van der Waals surface area (Å²) in [5, 5.41) is 8.44. The molecule has 0 amide bonds. The van der Waals surface area contributed by atoms with E-state index in [4.69, 9.17) is 14.6 Å². The summed E-state index contributed by atoms with van der Waals surface area (Å²) < 4.78 is 33.4. The fourth-order valence-electron chi connectivity index (χ4n) is 1.36. The van der Waals surface area contributed by atoms with Gasteiger partial charge in [-0.2, -0.15) is 0 Å². The molecule has 0 bridgehead atoms. The number of para-hydroxylation sites is 2. The van der Waals surface area contributed by atoms with E-state index in [2.05, 4.69) is 0 Å². The van der Waals surface area contributed by atoms with Gasteiger partial charge in [-0.25, -0.2) is 8.42 Å². The molecule has 0 spiro atoms. The van der Waals surface area contributed by atoms with Gasteiger partial charge in [0, 0.05) is 0 Å². The molecule has 1 aromatic carbocycles. The van der Waals surface area contributed by atoms with Gasteiger partial charge in [-0.15, -0.1) is 0 Å². The van der Waals surface area contributed by atoms with Gasteiger partial charge in [0.05, 0.1) is 25.0 Å². The lowest BCUT2D eigenvalue weighted by atomic mass is 10.3. The number of carboxylic acid groups (broad SMARTS) is 1. The van der Waals surface area contributed by atoms with Gasteiger partial charge in [-0.3, -0.25) is 4.79 Å². The molecule has 0 saturated heterocycles. The molecular formula is C12H16O6S. The van der Waals surface area contributed by atoms with Crippen LogP contribution in [0.25, 0.3) is 0 Å². The van der Waals surface area contributed by atoms with Gasteiger partial charge in [-0.1, -0.05) is 12.1 Å². The van der Waals surface area contributed by atoms with Crippen molar-refractivity contribution >= 4 is 15.8 Å². The van der Waals surface area contributed by atoms with Crippen LogP contribution in [0.15, 0.2) is 24.3 Å². The van der Waals surface area contributed by atoms with E-state index in [9.17, 15) is 13.2 Å². The van der Waals surface area contributed by atoms with E-state index in [0.717, 1.165) is 0 Å². The molecule has 0 heterocycles. The van der Waals surface area contributed by atoms with E-state index in [1.54, 1.807) is 24.3 Å². The smallest absolute Gasteiger partial charge is 0.304 e. The number of ether oxygens (including phenoxy) is 2. The summed E-state index contributed by atoms with van der Waals surface area (Å²) >= 11 is 0. The van der Waals surface area contributed by atoms with Crippen LogP contribution in [0.4, 0.5) is 0 Å². The van der Waals surface area contributed by atoms with Gasteiger partial charge < -0.3 is 14.6 Å². The third kappa shape index (κ3) is 5.60. The van der Waals surface area contributed by atoms with E-state index in [1.165, 1.54) is 7.11 Å². The number of sulfone groups is 1. The van der Waals surface area contributed by atoms with Crippen molar-refractivity contribution < 1.29 is 27.8 Å². The normalized spacial score (nSPS) is 11.0. The Morgan fingerprint density at radius 2 is 1.84 bits per heavy atom. The van der Waals surface area contributed by atoms with Crippen molar-refractivity contribution in [3.05, 3.63) is 24.3 Å². The van der Waals surface area contributed by atoms with Crippen LogP contribution in [-0.2, 0) is 14.6 Å². The summed E-state index contributed by atoms with van der Waals surface area (Å²) in [5.41, 5.74) is 0. The zero-order chi connectivity index (χ0) is 14.3. The summed E-state index contributed by atoms with van der Waals surface area (Å²) in [7, 11) is -1.92. The van der Waals surface area contributed by atoms with Crippen LogP contribution in [0.2, 0.25) is 0 Å². The topological polar surface area (TPSA) is 89.9 Å². The Morgan fingerprint density at radius 3 is 2.42 bits per heavy atom. The zero-order valence-electron chi connectivity index (χ0n) is 10.5. The Bertz CT molecular complexity index is 523. The van der Waals surface area contributed by atoms with E-state index in [1.807, 2.05) is 0 Å². The summed E-state index contributed by atoms with van der Waals surface area (Å²) in [6.07, 6.45) is -0.392. The SMILES string of the molecule is COc1ccccc1OCCS(=O)(=O)CCC(=O)O. The first kappa shape index (κ1) is 15.3. The highest BCUT2D eigenvalue weighted by Gasteiger charge is 2.14. The maximum Gasteiger partial charge on any atom is 0.304 e. The van der Waals surface area contributed by atoms with E-state index >= 15 is 0 Å². The lowest BCUT2D eigenvalue weighted by Crippen LogP contribution is -2.19. The molecule has 0 fully saturated rings. The lowest BCUT2D eigenvalue weighted by molar-refractivity contribution is -0.136. The van der Waals surface area contributed by atoms with Crippen molar-refractivity contribution in [2.75, 3.05) is 25.2 Å². The molecule has 19 heavy (non-hydrogen) atoms. The number of hydrogen-bond donors (Lipinski definition) is 1. The van der Waals surface area contributed by atoms with Gasteiger partial charge in [0.2, 0.25) is 0 Å². The molecule has 1 aromatic rings. The molecule has 7 heteroatoms. The highest BCUT2D eigenvalue weighted by molar-refractivity contribution is 7.91. The van der Waals surface area contributed by atoms with Crippen molar-refractivity contribution in [1.82, 2.24) is 0 Å². The maximum absolute atomic E-state index is 11.5. The van der Waals surface area contributed by atoms with Crippen molar-refractivity contribution in [2.45, 2.75) is 6.42 Å². The number of hydrogen-bond acceptors (Lipinski definition) is 5. The second-order valence-corrected chi connectivity index (χ2v) is 6.10. The summed E-state index contributed by atoms with van der Waals surface area (Å²) in [6, 6.07) is 6.89. The molecule has 0 radical (unpaired) electrons. The average Bonchev–Trinajstić information content (AvgIpc) is 2.37. The zero-order valence-corrected chi connectivity index (χ0v) is 11.4. The van der Waals surface area contributed by atoms with Gasteiger partial charge in [-0.05, 0) is 12.1 Å². The van der Waals surface area contributed by atoms with Crippen molar-refractivity contribution in [3.8, 4) is 11.5 Å².